The van der Waals surface area contributed by atoms with E-state index < -0.39 is 23.7 Å². The number of fused-ring (bicyclic) bond motifs is 1. The molecule has 5 rings (SSSR count). The van der Waals surface area contributed by atoms with Crippen LogP contribution in [0.3, 0.4) is 0 Å². The van der Waals surface area contributed by atoms with Gasteiger partial charge in [0.25, 0.3) is 5.91 Å². The standard InChI is InChI=1S/C27H26F3N7O4/c1-31-25-32-12-17-13-36(26(40)37(23(17)35-25)14-22(38)33-19-8-9-19)15-41-21-7-3-6-20(11-21)34-24(39)16-4-2-5-18(10-16)27(28,29)30/h2-7,10-12,19H,8-9,13-15H2,1H3,(H,33,38)(H,34,39)(H,31,32,35). The molecule has 1 fully saturated rings. The van der Waals surface area contributed by atoms with Crippen LogP contribution in [0.2, 0.25) is 0 Å². The Morgan fingerprint density at radius 1 is 1.12 bits per heavy atom. The van der Waals surface area contributed by atoms with Crippen LogP contribution < -0.4 is 25.6 Å². The van der Waals surface area contributed by atoms with E-state index in [9.17, 15) is 27.6 Å². The van der Waals surface area contributed by atoms with Gasteiger partial charge in [0, 0.05) is 42.2 Å². The molecule has 11 nitrogen and oxygen atoms in total. The first kappa shape index (κ1) is 27.7. The largest absolute Gasteiger partial charge is 0.473 e. The molecular weight excluding hydrogens is 543 g/mol. The Balaban J connectivity index is 1.27. The summed E-state index contributed by atoms with van der Waals surface area (Å²) in [7, 11) is 1.65. The lowest BCUT2D eigenvalue weighted by Crippen LogP contribution is -2.52. The van der Waals surface area contributed by atoms with Crippen molar-refractivity contribution in [3.8, 4) is 5.75 Å². The fourth-order valence-electron chi connectivity index (χ4n) is 4.14. The second-order valence-electron chi connectivity index (χ2n) is 9.53. The van der Waals surface area contributed by atoms with Gasteiger partial charge in [-0.05, 0) is 43.2 Å². The first-order valence-electron chi connectivity index (χ1n) is 12.7. The van der Waals surface area contributed by atoms with Crippen molar-refractivity contribution >= 4 is 35.3 Å². The second-order valence-corrected chi connectivity index (χ2v) is 9.53. The predicted molar refractivity (Wildman–Crippen MR) is 142 cm³/mol. The van der Waals surface area contributed by atoms with Gasteiger partial charge in [0.05, 0.1) is 12.1 Å². The average molecular weight is 570 g/mol. The van der Waals surface area contributed by atoms with Crippen LogP contribution >= 0.6 is 0 Å². The number of halogens is 3. The van der Waals surface area contributed by atoms with Gasteiger partial charge in [-0.25, -0.2) is 9.78 Å². The van der Waals surface area contributed by atoms with Gasteiger partial charge in [0.1, 0.15) is 18.1 Å². The molecule has 0 radical (unpaired) electrons. The Kier molecular flexibility index (Phi) is 7.64. The van der Waals surface area contributed by atoms with E-state index in [2.05, 4.69) is 25.9 Å². The van der Waals surface area contributed by atoms with Crippen molar-refractivity contribution in [2.24, 2.45) is 0 Å². The highest BCUT2D eigenvalue weighted by atomic mass is 19.4. The molecule has 2 aromatic carbocycles. The van der Waals surface area contributed by atoms with Gasteiger partial charge < -0.3 is 20.7 Å². The summed E-state index contributed by atoms with van der Waals surface area (Å²) in [6.45, 7) is -0.293. The topological polar surface area (TPSA) is 129 Å². The normalized spacial score (nSPS) is 14.8. The lowest BCUT2D eigenvalue weighted by molar-refractivity contribution is -0.137. The van der Waals surface area contributed by atoms with Gasteiger partial charge in [-0.3, -0.25) is 19.4 Å². The van der Waals surface area contributed by atoms with Crippen molar-refractivity contribution < 1.29 is 32.3 Å². The van der Waals surface area contributed by atoms with E-state index >= 15 is 0 Å². The zero-order chi connectivity index (χ0) is 29.1. The molecule has 2 heterocycles. The first-order chi connectivity index (χ1) is 19.6. The lowest BCUT2D eigenvalue weighted by Gasteiger charge is -2.35. The van der Waals surface area contributed by atoms with E-state index in [1.807, 2.05) is 0 Å². The summed E-state index contributed by atoms with van der Waals surface area (Å²) in [5.74, 6) is -0.0977. The molecule has 1 aliphatic carbocycles. The summed E-state index contributed by atoms with van der Waals surface area (Å²) < 4.78 is 44.9. The molecular formula is C27H26F3N7O4. The monoisotopic (exact) mass is 569 g/mol. The minimum Gasteiger partial charge on any atom is -0.473 e. The van der Waals surface area contributed by atoms with Gasteiger partial charge in [-0.1, -0.05) is 12.1 Å². The number of carbonyl (C=O) groups excluding carboxylic acids is 3. The van der Waals surface area contributed by atoms with E-state index in [1.54, 1.807) is 31.4 Å². The van der Waals surface area contributed by atoms with Crippen LogP contribution in [0.1, 0.15) is 34.3 Å². The van der Waals surface area contributed by atoms with Gasteiger partial charge in [-0.15, -0.1) is 0 Å². The number of amides is 4. The summed E-state index contributed by atoms with van der Waals surface area (Å²) in [6, 6.07) is 9.97. The number of alkyl halides is 3. The Bertz CT molecular complexity index is 1480. The Labute approximate surface area is 232 Å². The Hall–Kier alpha value is -4.88. The number of benzene rings is 2. The van der Waals surface area contributed by atoms with Crippen LogP contribution in [0.4, 0.5) is 35.4 Å². The molecule has 1 saturated carbocycles. The fraction of sp³-hybridized carbons (Fsp3) is 0.296. The highest BCUT2D eigenvalue weighted by Gasteiger charge is 2.35. The lowest BCUT2D eigenvalue weighted by atomic mass is 10.1. The van der Waals surface area contributed by atoms with Crippen molar-refractivity contribution in [1.29, 1.82) is 0 Å². The van der Waals surface area contributed by atoms with Crippen molar-refractivity contribution in [2.45, 2.75) is 31.6 Å². The molecule has 1 aliphatic heterocycles. The molecule has 3 N–H and O–H groups in total. The fourth-order valence-corrected chi connectivity index (χ4v) is 4.14. The first-order valence-corrected chi connectivity index (χ1v) is 12.7. The zero-order valence-corrected chi connectivity index (χ0v) is 21.9. The quantitative estimate of drug-likeness (QED) is 0.357. The van der Waals surface area contributed by atoms with E-state index in [1.165, 1.54) is 21.9 Å². The summed E-state index contributed by atoms with van der Waals surface area (Å²) in [5, 5.41) is 8.25. The van der Waals surface area contributed by atoms with Crippen LogP contribution in [0.5, 0.6) is 5.75 Å². The number of hydrogen-bond donors (Lipinski definition) is 3. The van der Waals surface area contributed by atoms with Crippen LogP contribution in [-0.2, 0) is 17.5 Å². The van der Waals surface area contributed by atoms with Gasteiger partial charge in [-0.2, -0.15) is 18.2 Å². The van der Waals surface area contributed by atoms with E-state index in [-0.39, 0.29) is 43.0 Å². The smallest absolute Gasteiger partial charge is 0.416 e. The van der Waals surface area contributed by atoms with Crippen LogP contribution in [0.15, 0.2) is 54.7 Å². The maximum absolute atomic E-state index is 13.4. The van der Waals surface area contributed by atoms with Crippen molar-refractivity contribution in [3.05, 3.63) is 71.4 Å². The average Bonchev–Trinajstić information content (AvgIpc) is 3.77. The third-order valence-corrected chi connectivity index (χ3v) is 6.36. The van der Waals surface area contributed by atoms with E-state index in [0.717, 1.165) is 31.0 Å². The number of anilines is 3. The minimum atomic E-state index is -4.58. The van der Waals surface area contributed by atoms with Crippen molar-refractivity contribution in [1.82, 2.24) is 20.2 Å². The van der Waals surface area contributed by atoms with Crippen LogP contribution in [0.25, 0.3) is 0 Å². The molecule has 214 valence electrons. The molecule has 1 aromatic heterocycles. The van der Waals surface area contributed by atoms with Crippen molar-refractivity contribution in [3.63, 3.8) is 0 Å². The molecule has 0 saturated heterocycles. The molecule has 3 aromatic rings. The van der Waals surface area contributed by atoms with Gasteiger partial charge >= 0.3 is 12.2 Å². The maximum atomic E-state index is 13.4. The molecule has 0 bridgehead atoms. The Morgan fingerprint density at radius 2 is 1.90 bits per heavy atom. The number of urea groups is 1. The third kappa shape index (κ3) is 6.65. The summed E-state index contributed by atoms with van der Waals surface area (Å²) in [5.41, 5.74) is -0.181. The van der Waals surface area contributed by atoms with Crippen LogP contribution in [-0.4, -0.2) is 59.1 Å². The summed E-state index contributed by atoms with van der Waals surface area (Å²) in [4.78, 5) is 49.8. The molecule has 41 heavy (non-hydrogen) atoms. The van der Waals surface area contributed by atoms with Gasteiger partial charge in [0.2, 0.25) is 11.9 Å². The number of nitrogens with zero attached hydrogens (tertiary/aromatic N) is 4. The maximum Gasteiger partial charge on any atom is 0.416 e. The molecule has 14 heteroatoms. The summed E-state index contributed by atoms with van der Waals surface area (Å²) >= 11 is 0. The molecule has 0 atom stereocenters. The number of carbonyl (C=O) groups is 3. The second kappa shape index (κ2) is 11.3. The zero-order valence-electron chi connectivity index (χ0n) is 21.9. The highest BCUT2D eigenvalue weighted by molar-refractivity contribution is 6.04. The number of rotatable bonds is 9. The number of ether oxygens (including phenoxy) is 1. The highest BCUT2D eigenvalue weighted by Crippen LogP contribution is 2.30. The molecule has 0 spiro atoms. The minimum absolute atomic E-state index is 0.126. The number of nitrogens with one attached hydrogen (secondary N) is 3. The van der Waals surface area contributed by atoms with Crippen molar-refractivity contribution in [2.75, 3.05) is 35.9 Å². The summed E-state index contributed by atoms with van der Waals surface area (Å²) in [6.07, 6.45) is -1.19. The SMILES string of the molecule is CNc1ncc2c(n1)N(CC(=O)NC1CC1)C(=O)N(COc1cccc(NC(=O)c3cccc(C(F)(F)F)c3)c1)C2. The van der Waals surface area contributed by atoms with E-state index in [4.69, 9.17) is 4.74 Å². The Morgan fingerprint density at radius 3 is 2.63 bits per heavy atom. The number of aromatic nitrogens is 2. The number of hydrogen-bond acceptors (Lipinski definition) is 7. The molecule has 2 aliphatic rings. The molecule has 4 amide bonds. The predicted octanol–water partition coefficient (Wildman–Crippen LogP) is 3.85. The van der Waals surface area contributed by atoms with Crippen LogP contribution in [0, 0.1) is 0 Å². The third-order valence-electron chi connectivity index (χ3n) is 6.36. The molecule has 0 unspecified atom stereocenters. The van der Waals surface area contributed by atoms with E-state index in [0.29, 0.717) is 23.1 Å². The van der Waals surface area contributed by atoms with Gasteiger partial charge in [0.15, 0.2) is 6.73 Å².